The maximum Gasteiger partial charge on any atom is 0.285 e. The number of methoxy groups -OCH3 is 1. The number of aryl methyl sites for hydroxylation is 1. The van der Waals surface area contributed by atoms with Gasteiger partial charge >= 0.3 is 0 Å². The molecule has 6 nitrogen and oxygen atoms in total. The summed E-state index contributed by atoms with van der Waals surface area (Å²) in [5.41, 5.74) is 5.44. The molecule has 0 atom stereocenters. The zero-order valence-electron chi connectivity index (χ0n) is 14.2. The van der Waals surface area contributed by atoms with Crippen LogP contribution in [0.4, 0.5) is 0 Å². The summed E-state index contributed by atoms with van der Waals surface area (Å²) >= 11 is 6.36. The first kappa shape index (κ1) is 17.5. The predicted molar refractivity (Wildman–Crippen MR) is 103 cm³/mol. The molecule has 2 heterocycles. The smallest absolute Gasteiger partial charge is 0.285 e. The monoisotopic (exact) mass is 375 g/mol. The summed E-state index contributed by atoms with van der Waals surface area (Å²) in [5, 5.41) is 2.10. The third kappa shape index (κ3) is 3.03. The Hall–Kier alpha value is -2.32. The van der Waals surface area contributed by atoms with E-state index in [1.807, 2.05) is 38.2 Å². The summed E-state index contributed by atoms with van der Waals surface area (Å²) in [6.07, 6.45) is 1.82. The summed E-state index contributed by atoms with van der Waals surface area (Å²) in [4.78, 5) is 24.3. The fourth-order valence-corrected chi connectivity index (χ4v) is 3.90. The molecule has 3 rings (SSSR count). The highest BCUT2D eigenvalue weighted by atomic mass is 32.2. The molecular weight excluding hydrogens is 358 g/mol. The van der Waals surface area contributed by atoms with Gasteiger partial charge in [-0.15, -0.1) is 0 Å². The number of thiocarbonyl (C=S) groups is 1. The molecule has 1 N–H and O–H groups in total. The number of nitrogens with one attached hydrogen (secondary N) is 1. The first-order valence-electron chi connectivity index (χ1n) is 7.51. The highest BCUT2D eigenvalue weighted by Gasteiger charge is 2.33. The molecular formula is C17H17N3O3S2. The summed E-state index contributed by atoms with van der Waals surface area (Å²) in [6, 6.07) is 5.84. The molecule has 0 unspecified atom stereocenters. The van der Waals surface area contributed by atoms with Crippen molar-refractivity contribution in [1.29, 1.82) is 0 Å². The molecule has 0 radical (unpaired) electrons. The second-order valence-electron chi connectivity index (χ2n) is 5.63. The standard InChI is InChI=1S/C17H17N3O3S2/c1-9-12(13-7-11(23-4)5-6-14(13)19(9)3)8-15-16(22)20(17(24)25-15)18-10(2)21/h5-8H,1-4H3,(H,18,21). The minimum atomic E-state index is -0.344. The molecule has 0 aliphatic carbocycles. The Labute approximate surface area is 154 Å². The zero-order chi connectivity index (χ0) is 18.3. The molecule has 0 bridgehead atoms. The normalized spacial score (nSPS) is 16.2. The van der Waals surface area contributed by atoms with Gasteiger partial charge in [0.25, 0.3) is 5.91 Å². The lowest BCUT2D eigenvalue weighted by Gasteiger charge is -2.13. The number of hydrogen-bond acceptors (Lipinski definition) is 5. The van der Waals surface area contributed by atoms with E-state index < -0.39 is 0 Å². The van der Waals surface area contributed by atoms with Gasteiger partial charge in [0.2, 0.25) is 5.91 Å². The van der Waals surface area contributed by atoms with Crippen molar-refractivity contribution < 1.29 is 14.3 Å². The van der Waals surface area contributed by atoms with E-state index >= 15 is 0 Å². The first-order valence-corrected chi connectivity index (χ1v) is 8.74. The number of amides is 2. The van der Waals surface area contributed by atoms with Crippen LogP contribution in [0.15, 0.2) is 23.1 Å². The molecule has 1 fully saturated rings. The Bertz CT molecular complexity index is 946. The van der Waals surface area contributed by atoms with E-state index in [0.717, 1.165) is 32.9 Å². The van der Waals surface area contributed by atoms with Crippen LogP contribution in [0.5, 0.6) is 5.75 Å². The summed E-state index contributed by atoms with van der Waals surface area (Å²) in [5.74, 6) is 0.0756. The number of ether oxygens (including phenoxy) is 1. The average Bonchev–Trinajstić information content (AvgIpc) is 2.97. The topological polar surface area (TPSA) is 63.6 Å². The Balaban J connectivity index is 2.10. The van der Waals surface area contributed by atoms with E-state index in [9.17, 15) is 9.59 Å². The number of carbonyl (C=O) groups is 2. The van der Waals surface area contributed by atoms with Gasteiger partial charge in [-0.1, -0.05) is 11.8 Å². The maximum atomic E-state index is 12.5. The van der Waals surface area contributed by atoms with Crippen LogP contribution in [0.25, 0.3) is 17.0 Å². The van der Waals surface area contributed by atoms with E-state index in [-0.39, 0.29) is 11.8 Å². The molecule has 2 amide bonds. The van der Waals surface area contributed by atoms with Crippen molar-refractivity contribution in [3.8, 4) is 5.75 Å². The Morgan fingerprint density at radius 1 is 1.40 bits per heavy atom. The predicted octanol–water partition coefficient (Wildman–Crippen LogP) is 2.75. The van der Waals surface area contributed by atoms with E-state index in [0.29, 0.717) is 9.23 Å². The zero-order valence-corrected chi connectivity index (χ0v) is 15.9. The molecule has 1 aliphatic heterocycles. The Kier molecular flexibility index (Phi) is 4.57. The SMILES string of the molecule is COc1ccc2c(c1)c(C=C1SC(=S)N(NC(C)=O)C1=O)c(C)n2C. The molecule has 1 aliphatic rings. The second-order valence-corrected chi connectivity index (χ2v) is 7.30. The number of hydrazine groups is 1. The van der Waals surface area contributed by atoms with Crippen LogP contribution in [0.2, 0.25) is 0 Å². The number of nitrogens with zero attached hydrogens (tertiary/aromatic N) is 2. The molecule has 1 aromatic carbocycles. The van der Waals surface area contributed by atoms with Crippen molar-refractivity contribution >= 4 is 57.1 Å². The third-order valence-electron chi connectivity index (χ3n) is 4.09. The average molecular weight is 375 g/mol. The van der Waals surface area contributed by atoms with Crippen LogP contribution in [0.3, 0.4) is 0 Å². The van der Waals surface area contributed by atoms with Gasteiger partial charge in [-0.05, 0) is 43.4 Å². The first-order chi connectivity index (χ1) is 11.8. The second kappa shape index (κ2) is 6.53. The van der Waals surface area contributed by atoms with Crippen LogP contribution in [0.1, 0.15) is 18.2 Å². The maximum absolute atomic E-state index is 12.5. The quantitative estimate of drug-likeness (QED) is 0.660. The van der Waals surface area contributed by atoms with Gasteiger partial charge in [0.15, 0.2) is 4.32 Å². The number of aromatic nitrogens is 1. The summed E-state index contributed by atoms with van der Waals surface area (Å²) in [7, 11) is 3.60. The fraction of sp³-hybridized carbons (Fsp3) is 0.235. The lowest BCUT2D eigenvalue weighted by molar-refractivity contribution is -0.131. The number of hydrogen-bond donors (Lipinski definition) is 1. The van der Waals surface area contributed by atoms with E-state index in [1.165, 1.54) is 18.7 Å². The number of benzene rings is 1. The van der Waals surface area contributed by atoms with Crippen molar-refractivity contribution in [2.24, 2.45) is 7.05 Å². The number of rotatable bonds is 3. The van der Waals surface area contributed by atoms with E-state index in [4.69, 9.17) is 17.0 Å². The van der Waals surface area contributed by atoms with E-state index in [1.54, 1.807) is 7.11 Å². The van der Waals surface area contributed by atoms with Crippen molar-refractivity contribution in [2.45, 2.75) is 13.8 Å². The van der Waals surface area contributed by atoms with Gasteiger partial charge in [-0.25, -0.2) is 0 Å². The van der Waals surface area contributed by atoms with Gasteiger partial charge in [0.05, 0.1) is 12.0 Å². The minimum absolute atomic E-state index is 0.307. The van der Waals surface area contributed by atoms with Gasteiger partial charge in [0.1, 0.15) is 5.75 Å². The molecule has 0 saturated carbocycles. The summed E-state index contributed by atoms with van der Waals surface area (Å²) < 4.78 is 7.69. The van der Waals surface area contributed by atoms with Crippen LogP contribution >= 0.6 is 24.0 Å². The molecule has 0 spiro atoms. The van der Waals surface area contributed by atoms with Gasteiger partial charge in [-0.3, -0.25) is 15.0 Å². The number of carbonyl (C=O) groups excluding carboxylic acids is 2. The summed E-state index contributed by atoms with van der Waals surface area (Å²) in [6.45, 7) is 3.33. The lowest BCUT2D eigenvalue weighted by Crippen LogP contribution is -2.43. The molecule has 25 heavy (non-hydrogen) atoms. The number of fused-ring (bicyclic) bond motifs is 1. The highest BCUT2D eigenvalue weighted by molar-refractivity contribution is 8.26. The van der Waals surface area contributed by atoms with Crippen molar-refractivity contribution in [3.63, 3.8) is 0 Å². The third-order valence-corrected chi connectivity index (χ3v) is 5.39. The van der Waals surface area contributed by atoms with Crippen molar-refractivity contribution in [3.05, 3.63) is 34.4 Å². The van der Waals surface area contributed by atoms with Crippen LogP contribution in [-0.2, 0) is 16.6 Å². The van der Waals surface area contributed by atoms with E-state index in [2.05, 4.69) is 9.99 Å². The molecule has 1 aromatic heterocycles. The molecule has 8 heteroatoms. The highest BCUT2D eigenvalue weighted by Crippen LogP contribution is 2.35. The molecule has 2 aromatic rings. The van der Waals surface area contributed by atoms with Gasteiger partial charge in [0, 0.05) is 36.1 Å². The van der Waals surface area contributed by atoms with Crippen molar-refractivity contribution in [1.82, 2.24) is 15.0 Å². The molecule has 130 valence electrons. The Morgan fingerprint density at radius 3 is 2.76 bits per heavy atom. The largest absolute Gasteiger partial charge is 0.497 e. The molecule has 1 saturated heterocycles. The lowest BCUT2D eigenvalue weighted by atomic mass is 10.1. The number of thioether (sulfide) groups is 1. The minimum Gasteiger partial charge on any atom is -0.497 e. The van der Waals surface area contributed by atoms with Crippen molar-refractivity contribution in [2.75, 3.05) is 7.11 Å². The van der Waals surface area contributed by atoms with Gasteiger partial charge < -0.3 is 9.30 Å². The Morgan fingerprint density at radius 2 is 2.12 bits per heavy atom. The van der Waals surface area contributed by atoms with Crippen LogP contribution in [0, 0.1) is 6.92 Å². The van der Waals surface area contributed by atoms with Gasteiger partial charge in [-0.2, -0.15) is 5.01 Å². The van der Waals surface area contributed by atoms with Crippen LogP contribution < -0.4 is 10.2 Å². The fourth-order valence-electron chi connectivity index (χ4n) is 2.74. The van der Waals surface area contributed by atoms with Crippen LogP contribution in [-0.4, -0.2) is 32.8 Å².